The maximum Gasteiger partial charge on any atom is 0.416 e. The van der Waals surface area contributed by atoms with E-state index >= 15 is 0 Å². The van der Waals surface area contributed by atoms with Gasteiger partial charge in [-0.15, -0.1) is 6.58 Å². The Morgan fingerprint density at radius 2 is 1.44 bits per heavy atom. The van der Waals surface area contributed by atoms with Crippen molar-refractivity contribution < 1.29 is 17.6 Å². The summed E-state index contributed by atoms with van der Waals surface area (Å²) in [6.07, 6.45) is -3.69. The van der Waals surface area contributed by atoms with Crippen LogP contribution in [0.1, 0.15) is 49.8 Å². The van der Waals surface area contributed by atoms with E-state index in [0.29, 0.717) is 6.42 Å². The van der Waals surface area contributed by atoms with Crippen LogP contribution < -0.4 is 0 Å². The summed E-state index contributed by atoms with van der Waals surface area (Å²) in [7, 11) is 0. The fraction of sp³-hybridized carbons (Fsp3) is 0.333. The molecule has 0 unspecified atom stereocenters. The molecule has 4 heteroatoms. The summed E-state index contributed by atoms with van der Waals surface area (Å²) in [5, 5.41) is 0. The molecule has 0 aliphatic carbocycles. The van der Waals surface area contributed by atoms with Gasteiger partial charge in [-0.3, -0.25) is 0 Å². The van der Waals surface area contributed by atoms with Gasteiger partial charge in [0.2, 0.25) is 0 Å². The van der Waals surface area contributed by atoms with E-state index < -0.39 is 17.2 Å². The van der Waals surface area contributed by atoms with Crippen molar-refractivity contribution in [3.8, 4) is 0 Å². The van der Waals surface area contributed by atoms with Crippen molar-refractivity contribution in [3.05, 3.63) is 83.2 Å². The highest BCUT2D eigenvalue weighted by Gasteiger charge is 2.35. The molecule has 0 aliphatic rings. The predicted octanol–water partition coefficient (Wildman–Crippen LogP) is 6.87. The maximum absolute atomic E-state index is 13.3. The van der Waals surface area contributed by atoms with Crippen LogP contribution in [0, 0.1) is 5.82 Å². The SMILES string of the molecule is C=C(C)C[C@](C)(c1ccc(F)cc1)[C@H](C)c1ccc(C(F)(F)F)cc1. The Morgan fingerprint density at radius 1 is 0.960 bits per heavy atom. The molecule has 0 saturated carbocycles. The Labute approximate surface area is 146 Å². The van der Waals surface area contributed by atoms with Crippen molar-refractivity contribution in [2.45, 2.75) is 44.7 Å². The lowest BCUT2D eigenvalue weighted by atomic mass is 9.66. The minimum absolute atomic E-state index is 0.0723. The minimum Gasteiger partial charge on any atom is -0.207 e. The Hall–Kier alpha value is -2.10. The van der Waals surface area contributed by atoms with Gasteiger partial charge < -0.3 is 0 Å². The molecule has 0 spiro atoms. The van der Waals surface area contributed by atoms with Crippen LogP contribution in [0.2, 0.25) is 0 Å². The van der Waals surface area contributed by atoms with Gasteiger partial charge in [-0.25, -0.2) is 4.39 Å². The van der Waals surface area contributed by atoms with Crippen LogP contribution in [0.4, 0.5) is 17.6 Å². The Bertz CT molecular complexity index is 726. The third-order valence-corrected chi connectivity index (χ3v) is 4.87. The van der Waals surface area contributed by atoms with Crippen molar-refractivity contribution in [2.75, 3.05) is 0 Å². The summed E-state index contributed by atoms with van der Waals surface area (Å²) in [6.45, 7) is 9.92. The van der Waals surface area contributed by atoms with Gasteiger partial charge in [0.1, 0.15) is 5.82 Å². The van der Waals surface area contributed by atoms with E-state index in [1.165, 1.54) is 24.3 Å². The number of benzene rings is 2. The van der Waals surface area contributed by atoms with Gasteiger partial charge in [-0.05, 0) is 54.7 Å². The lowest BCUT2D eigenvalue weighted by Crippen LogP contribution is -2.29. The fourth-order valence-corrected chi connectivity index (χ4v) is 3.29. The van der Waals surface area contributed by atoms with E-state index in [4.69, 9.17) is 0 Å². The molecule has 0 fully saturated rings. The maximum atomic E-state index is 13.3. The molecule has 2 aromatic carbocycles. The molecule has 0 aliphatic heterocycles. The van der Waals surface area contributed by atoms with E-state index in [2.05, 4.69) is 6.58 Å². The molecular weight excluding hydrogens is 328 g/mol. The summed E-state index contributed by atoms with van der Waals surface area (Å²) < 4.78 is 51.6. The van der Waals surface area contributed by atoms with Gasteiger partial charge in [-0.1, -0.05) is 43.7 Å². The van der Waals surface area contributed by atoms with E-state index in [0.717, 1.165) is 28.8 Å². The lowest BCUT2D eigenvalue weighted by molar-refractivity contribution is -0.137. The molecule has 0 amide bonds. The van der Waals surface area contributed by atoms with Gasteiger partial charge in [-0.2, -0.15) is 13.2 Å². The molecule has 0 aromatic heterocycles. The van der Waals surface area contributed by atoms with Crippen LogP contribution >= 0.6 is 0 Å². The predicted molar refractivity (Wildman–Crippen MR) is 93.0 cm³/mol. The Kier molecular flexibility index (Phi) is 5.40. The standard InChI is InChI=1S/C21H22F4/c1-14(2)13-20(4,17-9-11-19(22)12-10-17)15(3)16-5-7-18(8-6-16)21(23,24)25/h5-12,15H,1,13H2,2-4H3/t15-,20+/m1/s1. The zero-order valence-electron chi connectivity index (χ0n) is 14.6. The van der Waals surface area contributed by atoms with Crippen LogP contribution in [0.3, 0.4) is 0 Å². The smallest absolute Gasteiger partial charge is 0.207 e. The van der Waals surface area contributed by atoms with Crippen LogP contribution in [0.5, 0.6) is 0 Å². The van der Waals surface area contributed by atoms with E-state index in [9.17, 15) is 17.6 Å². The number of alkyl halides is 3. The number of hydrogen-bond donors (Lipinski definition) is 0. The second kappa shape index (κ2) is 7.03. The molecule has 0 heterocycles. The molecule has 2 aromatic rings. The molecular formula is C21H22F4. The van der Waals surface area contributed by atoms with Gasteiger partial charge in [0.25, 0.3) is 0 Å². The topological polar surface area (TPSA) is 0 Å². The fourth-order valence-electron chi connectivity index (χ4n) is 3.29. The summed E-state index contributed by atoms with van der Waals surface area (Å²) >= 11 is 0. The quantitative estimate of drug-likeness (QED) is 0.408. The normalized spacial score (nSPS) is 15.5. The number of halogens is 4. The molecule has 2 rings (SSSR count). The zero-order chi connectivity index (χ0) is 18.8. The number of rotatable bonds is 5. The van der Waals surface area contributed by atoms with Crippen LogP contribution in [-0.2, 0) is 11.6 Å². The van der Waals surface area contributed by atoms with Crippen molar-refractivity contribution in [1.29, 1.82) is 0 Å². The average molecular weight is 350 g/mol. The molecule has 2 atom stereocenters. The van der Waals surface area contributed by atoms with E-state index in [-0.39, 0.29) is 11.7 Å². The molecule has 0 bridgehead atoms. The van der Waals surface area contributed by atoms with E-state index in [1.807, 2.05) is 20.8 Å². The van der Waals surface area contributed by atoms with Crippen LogP contribution in [0.15, 0.2) is 60.7 Å². The van der Waals surface area contributed by atoms with Gasteiger partial charge in [0.15, 0.2) is 0 Å². The van der Waals surface area contributed by atoms with Gasteiger partial charge in [0.05, 0.1) is 5.56 Å². The third kappa shape index (κ3) is 4.30. The molecule has 0 N–H and O–H groups in total. The summed E-state index contributed by atoms with van der Waals surface area (Å²) in [5.74, 6) is -0.388. The van der Waals surface area contributed by atoms with Crippen LogP contribution in [-0.4, -0.2) is 0 Å². The van der Waals surface area contributed by atoms with Crippen molar-refractivity contribution in [2.24, 2.45) is 0 Å². The highest BCUT2D eigenvalue weighted by Crippen LogP contribution is 2.43. The highest BCUT2D eigenvalue weighted by atomic mass is 19.4. The largest absolute Gasteiger partial charge is 0.416 e. The van der Waals surface area contributed by atoms with Crippen LogP contribution in [0.25, 0.3) is 0 Å². The molecule has 25 heavy (non-hydrogen) atoms. The van der Waals surface area contributed by atoms with Crippen molar-refractivity contribution in [1.82, 2.24) is 0 Å². The van der Waals surface area contributed by atoms with Gasteiger partial charge in [0, 0.05) is 5.41 Å². The Balaban J connectivity index is 2.43. The summed E-state index contributed by atoms with van der Waals surface area (Å²) in [5.41, 5.74) is 1.64. The van der Waals surface area contributed by atoms with Crippen molar-refractivity contribution >= 4 is 0 Å². The summed E-state index contributed by atoms with van der Waals surface area (Å²) in [4.78, 5) is 0. The first kappa shape index (κ1) is 19.2. The average Bonchev–Trinajstić information content (AvgIpc) is 2.53. The van der Waals surface area contributed by atoms with E-state index in [1.54, 1.807) is 12.1 Å². The highest BCUT2D eigenvalue weighted by molar-refractivity contribution is 5.36. The number of hydrogen-bond acceptors (Lipinski definition) is 0. The monoisotopic (exact) mass is 350 g/mol. The first-order valence-electron chi connectivity index (χ1n) is 8.11. The Morgan fingerprint density at radius 3 is 1.88 bits per heavy atom. The second-order valence-corrected chi connectivity index (χ2v) is 6.90. The number of allylic oxidation sites excluding steroid dienone is 1. The molecule has 134 valence electrons. The first-order valence-corrected chi connectivity index (χ1v) is 8.11. The van der Waals surface area contributed by atoms with Crippen molar-refractivity contribution in [3.63, 3.8) is 0 Å². The summed E-state index contributed by atoms with van der Waals surface area (Å²) in [6, 6.07) is 11.5. The first-order chi connectivity index (χ1) is 11.5. The molecule has 0 saturated heterocycles. The minimum atomic E-state index is -4.35. The lowest BCUT2D eigenvalue weighted by Gasteiger charge is -2.37. The molecule has 0 nitrogen and oxygen atoms in total. The zero-order valence-corrected chi connectivity index (χ0v) is 14.6. The third-order valence-electron chi connectivity index (χ3n) is 4.87. The molecule has 0 radical (unpaired) electrons. The second-order valence-electron chi connectivity index (χ2n) is 6.90. The van der Waals surface area contributed by atoms with Gasteiger partial charge >= 0.3 is 6.18 Å².